The Labute approximate surface area is 183 Å². The molecule has 1 saturated heterocycles. The molecule has 1 heterocycles. The molecule has 0 aromatic heterocycles. The standard InChI is InChI=1S/C23H30ClN3O3/c1-4-26-11-13-27(14-12-26)21-10-9-18(23(28)29-3)15-20(21)25-16-17(2)30-22-8-6-5-7-19(22)24/h5-10,15,17,25H,4,11-14,16H2,1-3H3. The van der Waals surface area contributed by atoms with Crippen molar-refractivity contribution in [2.75, 3.05) is 56.6 Å². The maximum absolute atomic E-state index is 12.0. The minimum absolute atomic E-state index is 0.114. The lowest BCUT2D eigenvalue weighted by Gasteiger charge is -2.36. The van der Waals surface area contributed by atoms with Gasteiger partial charge in [0, 0.05) is 26.2 Å². The number of methoxy groups -OCH3 is 1. The Morgan fingerprint density at radius 3 is 2.57 bits per heavy atom. The number of hydrogen-bond acceptors (Lipinski definition) is 6. The van der Waals surface area contributed by atoms with Gasteiger partial charge in [-0.05, 0) is 43.8 Å². The molecule has 2 aromatic carbocycles. The SMILES string of the molecule is CCN1CCN(c2ccc(C(=O)OC)cc2NCC(C)Oc2ccccc2Cl)CC1. The molecule has 0 radical (unpaired) electrons. The van der Waals surface area contributed by atoms with E-state index in [1.54, 1.807) is 0 Å². The number of piperazine rings is 1. The molecular formula is C23H30ClN3O3. The fourth-order valence-electron chi connectivity index (χ4n) is 3.56. The zero-order chi connectivity index (χ0) is 21.5. The summed E-state index contributed by atoms with van der Waals surface area (Å²) in [5, 5.41) is 4.05. The van der Waals surface area contributed by atoms with Crippen LogP contribution in [0.5, 0.6) is 5.75 Å². The lowest BCUT2D eigenvalue weighted by Crippen LogP contribution is -2.46. The minimum atomic E-state index is -0.347. The summed E-state index contributed by atoms with van der Waals surface area (Å²) in [7, 11) is 1.40. The van der Waals surface area contributed by atoms with Crippen LogP contribution >= 0.6 is 11.6 Å². The molecule has 3 rings (SSSR count). The number of nitrogens with one attached hydrogen (secondary N) is 1. The van der Waals surface area contributed by atoms with Gasteiger partial charge in [-0.15, -0.1) is 0 Å². The molecule has 162 valence electrons. The van der Waals surface area contributed by atoms with Crippen molar-refractivity contribution in [1.29, 1.82) is 0 Å². The number of para-hydroxylation sites is 1. The number of ether oxygens (including phenoxy) is 2. The number of anilines is 2. The predicted molar refractivity (Wildman–Crippen MR) is 122 cm³/mol. The van der Waals surface area contributed by atoms with Crippen LogP contribution in [0.2, 0.25) is 5.02 Å². The number of carbonyl (C=O) groups is 1. The highest BCUT2D eigenvalue weighted by Crippen LogP contribution is 2.29. The first-order valence-corrected chi connectivity index (χ1v) is 10.7. The Bertz CT molecular complexity index is 853. The molecule has 1 fully saturated rings. The average Bonchev–Trinajstić information content (AvgIpc) is 2.78. The Morgan fingerprint density at radius 2 is 1.90 bits per heavy atom. The fraction of sp³-hybridized carbons (Fsp3) is 0.435. The number of rotatable bonds is 8. The van der Waals surface area contributed by atoms with Gasteiger partial charge in [0.05, 0.1) is 35.6 Å². The van der Waals surface area contributed by atoms with Gasteiger partial charge in [-0.3, -0.25) is 0 Å². The van der Waals surface area contributed by atoms with Crippen molar-refractivity contribution in [3.63, 3.8) is 0 Å². The molecule has 1 aliphatic heterocycles. The largest absolute Gasteiger partial charge is 0.487 e. The highest BCUT2D eigenvalue weighted by atomic mass is 35.5. The molecule has 1 aliphatic rings. The molecule has 2 aromatic rings. The summed E-state index contributed by atoms with van der Waals surface area (Å²) in [5.74, 6) is 0.313. The molecule has 7 heteroatoms. The van der Waals surface area contributed by atoms with Crippen LogP contribution in [0.4, 0.5) is 11.4 Å². The molecule has 0 bridgehead atoms. The van der Waals surface area contributed by atoms with Crippen molar-refractivity contribution in [2.45, 2.75) is 20.0 Å². The van der Waals surface area contributed by atoms with E-state index in [-0.39, 0.29) is 12.1 Å². The number of likely N-dealkylation sites (N-methyl/N-ethyl adjacent to an activating group) is 1. The highest BCUT2D eigenvalue weighted by Gasteiger charge is 2.20. The summed E-state index contributed by atoms with van der Waals surface area (Å²) in [6.45, 7) is 9.77. The average molecular weight is 432 g/mol. The first-order chi connectivity index (χ1) is 14.5. The lowest BCUT2D eigenvalue weighted by molar-refractivity contribution is 0.0601. The molecule has 0 saturated carbocycles. The Kier molecular flexibility index (Phi) is 7.82. The highest BCUT2D eigenvalue weighted by molar-refractivity contribution is 6.32. The van der Waals surface area contributed by atoms with Crippen molar-refractivity contribution < 1.29 is 14.3 Å². The zero-order valence-electron chi connectivity index (χ0n) is 17.9. The first-order valence-electron chi connectivity index (χ1n) is 10.4. The topological polar surface area (TPSA) is 54.0 Å². The molecule has 1 N–H and O–H groups in total. The van der Waals surface area contributed by atoms with Gasteiger partial charge in [0.15, 0.2) is 0 Å². The van der Waals surface area contributed by atoms with Gasteiger partial charge < -0.3 is 24.6 Å². The quantitative estimate of drug-likeness (QED) is 0.634. The van der Waals surface area contributed by atoms with E-state index in [4.69, 9.17) is 21.1 Å². The molecular weight excluding hydrogens is 402 g/mol. The Hall–Kier alpha value is -2.44. The molecule has 1 unspecified atom stereocenters. The first kappa shape index (κ1) is 22.2. The van der Waals surface area contributed by atoms with E-state index in [2.05, 4.69) is 22.0 Å². The molecule has 0 spiro atoms. The Morgan fingerprint density at radius 1 is 1.17 bits per heavy atom. The minimum Gasteiger partial charge on any atom is -0.487 e. The van der Waals surface area contributed by atoms with Gasteiger partial charge in [-0.1, -0.05) is 30.7 Å². The summed E-state index contributed by atoms with van der Waals surface area (Å²) in [5.41, 5.74) is 2.51. The van der Waals surface area contributed by atoms with Crippen LogP contribution in [-0.4, -0.2) is 63.4 Å². The normalized spacial score (nSPS) is 15.5. The van der Waals surface area contributed by atoms with E-state index in [9.17, 15) is 4.79 Å². The van der Waals surface area contributed by atoms with E-state index in [1.165, 1.54) is 7.11 Å². The van der Waals surface area contributed by atoms with Crippen molar-refractivity contribution >= 4 is 28.9 Å². The van der Waals surface area contributed by atoms with Gasteiger partial charge in [-0.2, -0.15) is 0 Å². The summed E-state index contributed by atoms with van der Waals surface area (Å²) >= 11 is 6.20. The third-order valence-electron chi connectivity index (χ3n) is 5.32. The van der Waals surface area contributed by atoms with Crippen LogP contribution in [0, 0.1) is 0 Å². The number of carbonyl (C=O) groups excluding carboxylic acids is 1. The third-order valence-corrected chi connectivity index (χ3v) is 5.63. The molecule has 0 amide bonds. The van der Waals surface area contributed by atoms with E-state index < -0.39 is 0 Å². The van der Waals surface area contributed by atoms with Crippen LogP contribution in [0.3, 0.4) is 0 Å². The van der Waals surface area contributed by atoms with Crippen LogP contribution in [-0.2, 0) is 4.74 Å². The number of esters is 1. The van der Waals surface area contributed by atoms with Crippen LogP contribution < -0.4 is 15.0 Å². The maximum Gasteiger partial charge on any atom is 0.337 e. The predicted octanol–water partition coefficient (Wildman–Crippen LogP) is 4.15. The second kappa shape index (κ2) is 10.5. The summed E-state index contributed by atoms with van der Waals surface area (Å²) in [6, 6.07) is 13.1. The van der Waals surface area contributed by atoms with E-state index in [1.807, 2.05) is 49.4 Å². The van der Waals surface area contributed by atoms with Gasteiger partial charge in [0.1, 0.15) is 11.9 Å². The number of benzene rings is 2. The van der Waals surface area contributed by atoms with Crippen LogP contribution in [0.15, 0.2) is 42.5 Å². The number of halogens is 1. The number of nitrogens with zero attached hydrogens (tertiary/aromatic N) is 2. The molecule has 0 aliphatic carbocycles. The monoisotopic (exact) mass is 431 g/mol. The summed E-state index contributed by atoms with van der Waals surface area (Å²) in [4.78, 5) is 16.8. The third kappa shape index (κ3) is 5.58. The fourth-order valence-corrected chi connectivity index (χ4v) is 3.74. The van der Waals surface area contributed by atoms with E-state index in [0.29, 0.717) is 22.9 Å². The van der Waals surface area contributed by atoms with Gasteiger partial charge in [-0.25, -0.2) is 4.79 Å². The van der Waals surface area contributed by atoms with Gasteiger partial charge >= 0.3 is 5.97 Å². The van der Waals surface area contributed by atoms with Crippen LogP contribution in [0.1, 0.15) is 24.2 Å². The van der Waals surface area contributed by atoms with Gasteiger partial charge in [0.2, 0.25) is 0 Å². The summed E-state index contributed by atoms with van der Waals surface area (Å²) < 4.78 is 10.9. The van der Waals surface area contributed by atoms with Crippen molar-refractivity contribution in [3.8, 4) is 5.75 Å². The van der Waals surface area contributed by atoms with E-state index >= 15 is 0 Å². The van der Waals surface area contributed by atoms with Crippen molar-refractivity contribution in [3.05, 3.63) is 53.1 Å². The Balaban J connectivity index is 1.73. The molecule has 1 atom stereocenters. The lowest BCUT2D eigenvalue weighted by atomic mass is 10.1. The molecule has 30 heavy (non-hydrogen) atoms. The van der Waals surface area contributed by atoms with Crippen LogP contribution in [0.25, 0.3) is 0 Å². The second-order valence-corrected chi connectivity index (χ2v) is 7.79. The van der Waals surface area contributed by atoms with E-state index in [0.717, 1.165) is 44.1 Å². The van der Waals surface area contributed by atoms with Gasteiger partial charge in [0.25, 0.3) is 0 Å². The van der Waals surface area contributed by atoms with Crippen molar-refractivity contribution in [2.24, 2.45) is 0 Å². The second-order valence-electron chi connectivity index (χ2n) is 7.38. The van der Waals surface area contributed by atoms with Crippen molar-refractivity contribution in [1.82, 2.24) is 4.90 Å². The zero-order valence-corrected chi connectivity index (χ0v) is 18.6. The maximum atomic E-state index is 12.0. The smallest absolute Gasteiger partial charge is 0.337 e. The number of hydrogen-bond donors (Lipinski definition) is 1. The summed E-state index contributed by atoms with van der Waals surface area (Å²) in [6.07, 6.45) is -0.114. The molecule has 6 nitrogen and oxygen atoms in total.